The Kier molecular flexibility index (Phi) is 6.16. The van der Waals surface area contributed by atoms with Gasteiger partial charge in [-0.1, -0.05) is 18.2 Å². The van der Waals surface area contributed by atoms with E-state index in [9.17, 15) is 14.0 Å². The van der Waals surface area contributed by atoms with Gasteiger partial charge in [-0.15, -0.1) is 11.3 Å². The summed E-state index contributed by atoms with van der Waals surface area (Å²) in [6, 6.07) is 8.39. The van der Waals surface area contributed by atoms with Crippen molar-refractivity contribution in [2.45, 2.75) is 32.2 Å². The maximum atomic E-state index is 14.3. The van der Waals surface area contributed by atoms with Crippen molar-refractivity contribution in [1.82, 2.24) is 10.2 Å². The highest BCUT2D eigenvalue weighted by atomic mass is 32.1. The fourth-order valence-electron chi connectivity index (χ4n) is 3.35. The summed E-state index contributed by atoms with van der Waals surface area (Å²) in [4.78, 5) is 26.6. The molecule has 1 N–H and O–H groups in total. The van der Waals surface area contributed by atoms with Crippen LogP contribution in [0.25, 0.3) is 0 Å². The summed E-state index contributed by atoms with van der Waals surface area (Å²) in [6.45, 7) is 3.73. The van der Waals surface area contributed by atoms with E-state index in [0.717, 1.165) is 31.5 Å². The SMILES string of the molecule is CC(=O)c1cc(CC(=O)NC[C@@H](c2ccccc2F)N2CCCC2)cs1. The molecule has 138 valence electrons. The Morgan fingerprint density at radius 1 is 1.27 bits per heavy atom. The van der Waals surface area contributed by atoms with Gasteiger partial charge in [-0.3, -0.25) is 14.5 Å². The lowest BCUT2D eigenvalue weighted by Crippen LogP contribution is -2.37. The van der Waals surface area contributed by atoms with E-state index in [-0.39, 0.29) is 30.0 Å². The number of hydrogen-bond donors (Lipinski definition) is 1. The van der Waals surface area contributed by atoms with E-state index in [4.69, 9.17) is 0 Å². The van der Waals surface area contributed by atoms with Crippen LogP contribution in [0, 0.1) is 5.82 Å². The Balaban J connectivity index is 1.64. The molecule has 1 aliphatic rings. The number of thiophene rings is 1. The first-order valence-corrected chi connectivity index (χ1v) is 9.76. The van der Waals surface area contributed by atoms with Crippen LogP contribution in [0.4, 0.5) is 4.39 Å². The summed E-state index contributed by atoms with van der Waals surface area (Å²) in [6.07, 6.45) is 2.43. The molecule has 1 aromatic carbocycles. The number of likely N-dealkylation sites (tertiary alicyclic amines) is 1. The highest BCUT2D eigenvalue weighted by molar-refractivity contribution is 7.12. The van der Waals surface area contributed by atoms with Gasteiger partial charge in [0.1, 0.15) is 5.82 Å². The van der Waals surface area contributed by atoms with Crippen LogP contribution in [0.3, 0.4) is 0 Å². The zero-order valence-electron chi connectivity index (χ0n) is 14.8. The van der Waals surface area contributed by atoms with Crippen molar-refractivity contribution < 1.29 is 14.0 Å². The first-order valence-electron chi connectivity index (χ1n) is 8.88. The van der Waals surface area contributed by atoms with Crippen molar-refractivity contribution in [3.05, 3.63) is 57.5 Å². The van der Waals surface area contributed by atoms with Crippen molar-refractivity contribution in [3.8, 4) is 0 Å². The number of hydrogen-bond acceptors (Lipinski definition) is 4. The second-order valence-corrected chi connectivity index (χ2v) is 7.55. The van der Waals surface area contributed by atoms with Gasteiger partial charge in [-0.25, -0.2) is 4.39 Å². The second kappa shape index (κ2) is 8.56. The van der Waals surface area contributed by atoms with Crippen LogP contribution in [0.5, 0.6) is 0 Å². The topological polar surface area (TPSA) is 49.4 Å². The number of halogens is 1. The van der Waals surface area contributed by atoms with Gasteiger partial charge in [-0.2, -0.15) is 0 Å². The third kappa shape index (κ3) is 4.56. The molecule has 6 heteroatoms. The van der Waals surface area contributed by atoms with Gasteiger partial charge < -0.3 is 5.32 Å². The summed E-state index contributed by atoms with van der Waals surface area (Å²) in [5.74, 6) is -0.337. The van der Waals surface area contributed by atoms with E-state index < -0.39 is 0 Å². The largest absolute Gasteiger partial charge is 0.354 e. The molecule has 26 heavy (non-hydrogen) atoms. The predicted octanol–water partition coefficient (Wildman–Crippen LogP) is 3.59. The van der Waals surface area contributed by atoms with Gasteiger partial charge in [0.15, 0.2) is 5.78 Å². The molecule has 1 amide bonds. The molecule has 0 aliphatic carbocycles. The van der Waals surface area contributed by atoms with Gasteiger partial charge in [-0.05, 0) is 55.9 Å². The Morgan fingerprint density at radius 3 is 2.65 bits per heavy atom. The fourth-order valence-corrected chi connectivity index (χ4v) is 4.16. The second-order valence-electron chi connectivity index (χ2n) is 6.64. The van der Waals surface area contributed by atoms with E-state index in [1.165, 1.54) is 24.3 Å². The average molecular weight is 374 g/mol. The first-order chi connectivity index (χ1) is 12.5. The van der Waals surface area contributed by atoms with Gasteiger partial charge in [0.25, 0.3) is 0 Å². The van der Waals surface area contributed by atoms with E-state index >= 15 is 0 Å². The number of Topliss-reactive ketones (excluding diaryl/α,β-unsaturated/α-hetero) is 1. The minimum Gasteiger partial charge on any atom is -0.354 e. The smallest absolute Gasteiger partial charge is 0.224 e. The minimum atomic E-state index is -0.234. The first kappa shape index (κ1) is 18.7. The molecular weight excluding hydrogens is 351 g/mol. The molecule has 1 fully saturated rings. The van der Waals surface area contributed by atoms with Crippen molar-refractivity contribution in [2.75, 3.05) is 19.6 Å². The van der Waals surface area contributed by atoms with Crippen LogP contribution in [-0.4, -0.2) is 36.2 Å². The molecule has 2 heterocycles. The molecule has 1 aromatic heterocycles. The van der Waals surface area contributed by atoms with E-state index in [0.29, 0.717) is 17.0 Å². The molecule has 0 unspecified atom stereocenters. The lowest BCUT2D eigenvalue weighted by atomic mass is 10.0. The van der Waals surface area contributed by atoms with E-state index in [1.807, 2.05) is 11.4 Å². The summed E-state index contributed by atoms with van der Waals surface area (Å²) in [7, 11) is 0. The molecule has 1 atom stereocenters. The number of benzene rings is 1. The molecular formula is C20H23FN2O2S. The average Bonchev–Trinajstić information content (AvgIpc) is 3.28. The lowest BCUT2D eigenvalue weighted by Gasteiger charge is -2.28. The zero-order valence-corrected chi connectivity index (χ0v) is 15.7. The summed E-state index contributed by atoms with van der Waals surface area (Å²) in [5, 5.41) is 4.78. The van der Waals surface area contributed by atoms with E-state index in [2.05, 4.69) is 10.2 Å². The quantitative estimate of drug-likeness (QED) is 0.754. The maximum absolute atomic E-state index is 14.3. The number of ketones is 1. The van der Waals surface area contributed by atoms with Crippen molar-refractivity contribution in [3.63, 3.8) is 0 Å². The minimum absolute atomic E-state index is 0.00954. The Morgan fingerprint density at radius 2 is 2.00 bits per heavy atom. The van der Waals surface area contributed by atoms with Gasteiger partial charge in [0.05, 0.1) is 17.3 Å². The molecule has 1 aliphatic heterocycles. The number of carbonyl (C=O) groups excluding carboxylic acids is 2. The predicted molar refractivity (Wildman–Crippen MR) is 101 cm³/mol. The normalized spacial score (nSPS) is 15.8. The number of nitrogens with one attached hydrogen (secondary N) is 1. The maximum Gasteiger partial charge on any atom is 0.224 e. The molecule has 0 bridgehead atoms. The third-order valence-corrected chi connectivity index (χ3v) is 5.78. The van der Waals surface area contributed by atoms with Crippen molar-refractivity contribution >= 4 is 23.0 Å². The fraction of sp³-hybridized carbons (Fsp3) is 0.400. The number of carbonyl (C=O) groups is 2. The number of amides is 1. The van der Waals surface area contributed by atoms with Crippen LogP contribution < -0.4 is 5.32 Å². The molecule has 1 saturated heterocycles. The Hall–Kier alpha value is -2.05. The van der Waals surface area contributed by atoms with Crippen molar-refractivity contribution in [1.29, 1.82) is 0 Å². The van der Waals surface area contributed by atoms with Crippen LogP contribution in [-0.2, 0) is 11.2 Å². The van der Waals surface area contributed by atoms with Gasteiger partial charge in [0.2, 0.25) is 5.91 Å². The molecule has 0 spiro atoms. The van der Waals surface area contributed by atoms with Crippen molar-refractivity contribution in [2.24, 2.45) is 0 Å². The van der Waals surface area contributed by atoms with Crippen LogP contribution in [0.1, 0.15) is 46.6 Å². The summed E-state index contributed by atoms with van der Waals surface area (Å²) >= 11 is 1.36. The molecule has 0 saturated carbocycles. The standard InChI is InChI=1S/C20H23FN2O2S/c1-14(24)19-10-15(13-26-19)11-20(25)22-12-18(23-8-4-5-9-23)16-6-2-3-7-17(16)21/h2-3,6-7,10,13,18H,4-5,8-9,11-12H2,1H3,(H,22,25)/t18-/m0/s1. The highest BCUT2D eigenvalue weighted by Gasteiger charge is 2.26. The van der Waals surface area contributed by atoms with Crippen LogP contribution in [0.2, 0.25) is 0 Å². The molecule has 0 radical (unpaired) electrons. The summed E-state index contributed by atoms with van der Waals surface area (Å²) in [5.41, 5.74) is 1.46. The Bertz CT molecular complexity index is 784. The zero-order chi connectivity index (χ0) is 18.5. The van der Waals surface area contributed by atoms with Crippen LogP contribution >= 0.6 is 11.3 Å². The van der Waals surface area contributed by atoms with Crippen LogP contribution in [0.15, 0.2) is 35.7 Å². The monoisotopic (exact) mass is 374 g/mol. The van der Waals surface area contributed by atoms with Gasteiger partial charge in [0, 0.05) is 12.1 Å². The highest BCUT2D eigenvalue weighted by Crippen LogP contribution is 2.26. The summed E-state index contributed by atoms with van der Waals surface area (Å²) < 4.78 is 14.3. The molecule has 3 rings (SSSR count). The van der Waals surface area contributed by atoms with E-state index in [1.54, 1.807) is 18.2 Å². The lowest BCUT2D eigenvalue weighted by molar-refractivity contribution is -0.120. The third-order valence-electron chi connectivity index (χ3n) is 4.70. The Labute approximate surface area is 157 Å². The molecule has 2 aromatic rings. The number of nitrogens with zero attached hydrogens (tertiary/aromatic N) is 1. The molecule has 4 nitrogen and oxygen atoms in total. The number of rotatable bonds is 7. The van der Waals surface area contributed by atoms with Gasteiger partial charge >= 0.3 is 0 Å².